The number of carbonyl (C=O) groups is 1. The number of nitrogens with zero attached hydrogens (tertiary/aromatic N) is 2. The maximum Gasteiger partial charge on any atom is 0.263 e. The maximum absolute atomic E-state index is 13.2. The molecule has 1 atom stereocenters. The summed E-state index contributed by atoms with van der Waals surface area (Å²) >= 11 is 4.56. The van der Waals surface area contributed by atoms with Gasteiger partial charge in [0.1, 0.15) is 4.83 Å². The summed E-state index contributed by atoms with van der Waals surface area (Å²) in [5, 5.41) is 6.26. The van der Waals surface area contributed by atoms with Crippen LogP contribution in [0.2, 0.25) is 0 Å². The lowest BCUT2D eigenvalue weighted by Crippen LogP contribution is -2.26. The van der Waals surface area contributed by atoms with Crippen molar-refractivity contribution in [2.75, 3.05) is 5.75 Å². The number of carbonyl (C=O) groups excluding carboxylic acids is 1. The number of hydrogen-bond acceptors (Lipinski definition) is 6. The molecule has 29 heavy (non-hydrogen) atoms. The second-order valence-electron chi connectivity index (χ2n) is 7.28. The standard InChI is InChI=1S/C21H23N3O2S3/c1-3-8-24-20(26)18-15-7-6-13(2)10-16(15)29-19(18)23-21(24)28-12-17(25)22-11-14-5-4-9-27-14/h3-5,9,13H,1,6-8,10-12H2,2H3,(H,22,25). The summed E-state index contributed by atoms with van der Waals surface area (Å²) in [6.45, 7) is 6.96. The van der Waals surface area contributed by atoms with E-state index in [2.05, 4.69) is 18.8 Å². The van der Waals surface area contributed by atoms with Crippen LogP contribution in [0.25, 0.3) is 10.2 Å². The molecule has 0 saturated carbocycles. The zero-order valence-corrected chi connectivity index (χ0v) is 18.7. The molecule has 3 heterocycles. The minimum atomic E-state index is -0.0674. The normalized spacial score (nSPS) is 16.0. The zero-order chi connectivity index (χ0) is 20.4. The minimum absolute atomic E-state index is 0.0107. The quantitative estimate of drug-likeness (QED) is 0.336. The molecule has 1 unspecified atom stereocenters. The largest absolute Gasteiger partial charge is 0.350 e. The molecule has 1 N–H and O–H groups in total. The number of rotatable bonds is 7. The highest BCUT2D eigenvalue weighted by atomic mass is 32.2. The summed E-state index contributed by atoms with van der Waals surface area (Å²) in [7, 11) is 0. The first-order valence-electron chi connectivity index (χ1n) is 9.64. The molecule has 152 valence electrons. The Hall–Kier alpha value is -1.90. The Morgan fingerprint density at radius 1 is 1.52 bits per heavy atom. The van der Waals surface area contributed by atoms with Crippen molar-refractivity contribution in [1.29, 1.82) is 0 Å². The topological polar surface area (TPSA) is 64.0 Å². The highest BCUT2D eigenvalue weighted by molar-refractivity contribution is 7.99. The second kappa shape index (κ2) is 8.85. The fourth-order valence-corrected chi connectivity index (χ4v) is 6.49. The highest BCUT2D eigenvalue weighted by Gasteiger charge is 2.24. The van der Waals surface area contributed by atoms with Crippen molar-refractivity contribution in [2.24, 2.45) is 5.92 Å². The lowest BCUT2D eigenvalue weighted by atomic mass is 9.89. The van der Waals surface area contributed by atoms with Gasteiger partial charge < -0.3 is 5.32 Å². The van der Waals surface area contributed by atoms with Crippen LogP contribution >= 0.6 is 34.4 Å². The summed E-state index contributed by atoms with van der Waals surface area (Å²) in [4.78, 5) is 33.5. The average molecular weight is 446 g/mol. The van der Waals surface area contributed by atoms with Gasteiger partial charge in [0.2, 0.25) is 5.91 Å². The van der Waals surface area contributed by atoms with Crippen LogP contribution in [0, 0.1) is 5.92 Å². The first-order valence-corrected chi connectivity index (χ1v) is 12.3. The molecule has 4 rings (SSSR count). The Bertz CT molecular complexity index is 1100. The predicted octanol–water partition coefficient (Wildman–Crippen LogP) is 4.24. The second-order valence-corrected chi connectivity index (χ2v) is 10.3. The molecule has 1 aliphatic carbocycles. The molecule has 0 saturated heterocycles. The van der Waals surface area contributed by atoms with Gasteiger partial charge in [-0.05, 0) is 42.2 Å². The fourth-order valence-electron chi connectivity index (χ4n) is 3.59. The van der Waals surface area contributed by atoms with Gasteiger partial charge in [0.05, 0.1) is 17.7 Å². The van der Waals surface area contributed by atoms with Crippen LogP contribution in [-0.2, 0) is 30.7 Å². The van der Waals surface area contributed by atoms with Gasteiger partial charge in [-0.2, -0.15) is 0 Å². The first kappa shape index (κ1) is 20.4. The lowest BCUT2D eigenvalue weighted by Gasteiger charge is -2.17. The number of fused-ring (bicyclic) bond motifs is 3. The van der Waals surface area contributed by atoms with Gasteiger partial charge in [0, 0.05) is 16.3 Å². The fraction of sp³-hybridized carbons (Fsp3) is 0.381. The van der Waals surface area contributed by atoms with E-state index in [1.54, 1.807) is 33.3 Å². The van der Waals surface area contributed by atoms with Crippen LogP contribution in [0.4, 0.5) is 0 Å². The number of thioether (sulfide) groups is 1. The summed E-state index contributed by atoms with van der Waals surface area (Å²) in [5.74, 6) is 0.803. The smallest absolute Gasteiger partial charge is 0.263 e. The van der Waals surface area contributed by atoms with E-state index in [1.807, 2.05) is 17.5 Å². The average Bonchev–Trinajstić information content (AvgIpc) is 3.34. The van der Waals surface area contributed by atoms with E-state index >= 15 is 0 Å². The van der Waals surface area contributed by atoms with Crippen LogP contribution in [0.1, 0.15) is 28.7 Å². The Labute approximate surface area is 181 Å². The van der Waals surface area contributed by atoms with Crippen molar-refractivity contribution in [2.45, 2.75) is 44.4 Å². The number of amides is 1. The van der Waals surface area contributed by atoms with Crippen molar-refractivity contribution >= 4 is 50.6 Å². The van der Waals surface area contributed by atoms with Crippen LogP contribution in [0.3, 0.4) is 0 Å². The van der Waals surface area contributed by atoms with E-state index in [-0.39, 0.29) is 17.2 Å². The Morgan fingerprint density at radius 2 is 2.38 bits per heavy atom. The van der Waals surface area contributed by atoms with Gasteiger partial charge in [-0.1, -0.05) is 30.8 Å². The van der Waals surface area contributed by atoms with E-state index in [0.717, 1.165) is 34.4 Å². The van der Waals surface area contributed by atoms with Crippen molar-refractivity contribution in [3.63, 3.8) is 0 Å². The molecular formula is C21H23N3O2S3. The van der Waals surface area contributed by atoms with Gasteiger partial charge in [-0.25, -0.2) is 4.98 Å². The maximum atomic E-state index is 13.2. The van der Waals surface area contributed by atoms with Gasteiger partial charge in [-0.15, -0.1) is 29.3 Å². The number of hydrogen-bond donors (Lipinski definition) is 1. The molecule has 1 aliphatic rings. The zero-order valence-electron chi connectivity index (χ0n) is 16.3. The van der Waals surface area contributed by atoms with Crippen LogP contribution in [0.5, 0.6) is 0 Å². The Kier molecular flexibility index (Phi) is 6.22. The molecule has 8 heteroatoms. The van der Waals surface area contributed by atoms with Gasteiger partial charge >= 0.3 is 0 Å². The number of allylic oxidation sites excluding steroid dienone is 1. The van der Waals surface area contributed by atoms with E-state index in [9.17, 15) is 9.59 Å². The van der Waals surface area contributed by atoms with Crippen LogP contribution in [0.15, 0.2) is 40.1 Å². The number of aromatic nitrogens is 2. The summed E-state index contributed by atoms with van der Waals surface area (Å²) < 4.78 is 1.65. The third kappa shape index (κ3) is 4.34. The summed E-state index contributed by atoms with van der Waals surface area (Å²) in [5.41, 5.74) is 1.17. The molecule has 1 amide bonds. The summed E-state index contributed by atoms with van der Waals surface area (Å²) in [6, 6.07) is 3.96. The van der Waals surface area contributed by atoms with Crippen LogP contribution in [-0.4, -0.2) is 21.2 Å². The third-order valence-corrected chi connectivity index (χ3v) is 8.07. The van der Waals surface area contributed by atoms with Gasteiger partial charge in [0.25, 0.3) is 5.56 Å². The Morgan fingerprint density at radius 3 is 3.14 bits per heavy atom. The van der Waals surface area contributed by atoms with Crippen molar-refractivity contribution in [3.05, 3.63) is 55.8 Å². The third-order valence-electron chi connectivity index (χ3n) is 5.06. The van der Waals surface area contributed by atoms with Crippen molar-refractivity contribution < 1.29 is 4.79 Å². The molecule has 0 fully saturated rings. The van der Waals surface area contributed by atoms with Gasteiger partial charge in [-0.3, -0.25) is 14.2 Å². The molecule has 0 radical (unpaired) electrons. The molecule has 5 nitrogen and oxygen atoms in total. The molecular weight excluding hydrogens is 422 g/mol. The predicted molar refractivity (Wildman–Crippen MR) is 122 cm³/mol. The highest BCUT2D eigenvalue weighted by Crippen LogP contribution is 2.36. The van der Waals surface area contributed by atoms with Crippen molar-refractivity contribution in [1.82, 2.24) is 14.9 Å². The number of aryl methyl sites for hydroxylation is 1. The lowest BCUT2D eigenvalue weighted by molar-refractivity contribution is -0.118. The van der Waals surface area contributed by atoms with Crippen molar-refractivity contribution in [3.8, 4) is 0 Å². The molecule has 0 aromatic carbocycles. The molecule has 3 aromatic heterocycles. The van der Waals surface area contributed by atoms with Gasteiger partial charge in [0.15, 0.2) is 5.16 Å². The SMILES string of the molecule is C=CCn1c(SCC(=O)NCc2cccs2)nc2sc3c(c2c1=O)CCC(C)C3. The van der Waals surface area contributed by atoms with E-state index < -0.39 is 0 Å². The summed E-state index contributed by atoms with van der Waals surface area (Å²) in [6.07, 6.45) is 4.78. The van der Waals surface area contributed by atoms with E-state index in [1.165, 1.54) is 22.2 Å². The molecule has 0 bridgehead atoms. The number of nitrogens with one attached hydrogen (secondary N) is 1. The molecule has 0 spiro atoms. The monoisotopic (exact) mass is 445 g/mol. The minimum Gasteiger partial charge on any atom is -0.350 e. The number of thiophene rings is 2. The van der Waals surface area contributed by atoms with E-state index in [0.29, 0.717) is 24.2 Å². The van der Waals surface area contributed by atoms with Crippen LogP contribution < -0.4 is 10.9 Å². The first-order chi connectivity index (χ1) is 14.1. The molecule has 0 aliphatic heterocycles. The molecule has 3 aromatic rings. The Balaban J connectivity index is 1.58. The van der Waals surface area contributed by atoms with E-state index in [4.69, 9.17) is 4.98 Å².